The minimum atomic E-state index is -0.701. The maximum atomic E-state index is 11.8. The van der Waals surface area contributed by atoms with E-state index in [2.05, 4.69) is 19.7 Å². The number of carbonyl (C=O) groups is 2. The van der Waals surface area contributed by atoms with E-state index in [1.165, 1.54) is 14.2 Å². The molecule has 0 bridgehead atoms. The number of rotatable bonds is 5. The van der Waals surface area contributed by atoms with E-state index in [9.17, 15) is 9.59 Å². The molecule has 1 N–H and O–H groups in total. The number of hydrogen-bond donors (Lipinski definition) is 1. The second-order valence-electron chi connectivity index (χ2n) is 4.96. The fourth-order valence-electron chi connectivity index (χ4n) is 2.21. The van der Waals surface area contributed by atoms with Gasteiger partial charge in [0.05, 0.1) is 44.2 Å². The van der Waals surface area contributed by atoms with Crippen LogP contribution in [-0.2, 0) is 23.8 Å². The van der Waals surface area contributed by atoms with Crippen LogP contribution >= 0.6 is 11.6 Å². The fourth-order valence-corrected chi connectivity index (χ4v) is 2.37. The van der Waals surface area contributed by atoms with Crippen LogP contribution in [0.15, 0.2) is 30.0 Å². The van der Waals surface area contributed by atoms with E-state index in [1.54, 1.807) is 6.07 Å². The molecule has 24 heavy (non-hydrogen) atoms. The first-order valence-corrected chi connectivity index (χ1v) is 7.70. The van der Waals surface area contributed by atoms with E-state index < -0.39 is 11.9 Å². The van der Waals surface area contributed by atoms with Crippen LogP contribution < -0.4 is 10.2 Å². The predicted molar refractivity (Wildman–Crippen MR) is 90.2 cm³/mol. The largest absolute Gasteiger partial charge is 0.466 e. The highest BCUT2D eigenvalue weighted by Crippen LogP contribution is 2.29. The van der Waals surface area contributed by atoms with Gasteiger partial charge in [0.1, 0.15) is 5.70 Å². The molecule has 1 fully saturated rings. The Balaban J connectivity index is 2.26. The summed E-state index contributed by atoms with van der Waals surface area (Å²) in [5, 5.41) is 3.25. The monoisotopic (exact) mass is 354 g/mol. The third kappa shape index (κ3) is 4.62. The minimum Gasteiger partial charge on any atom is -0.466 e. The van der Waals surface area contributed by atoms with Gasteiger partial charge in [-0.05, 0) is 18.2 Å². The van der Waals surface area contributed by atoms with Crippen molar-refractivity contribution in [1.82, 2.24) is 0 Å². The number of anilines is 2. The maximum Gasteiger partial charge on any atom is 0.354 e. The van der Waals surface area contributed by atoms with Gasteiger partial charge in [0.15, 0.2) is 0 Å². The Bertz CT molecular complexity index is 641. The van der Waals surface area contributed by atoms with Gasteiger partial charge >= 0.3 is 11.9 Å². The molecule has 2 rings (SSSR count). The molecule has 0 atom stereocenters. The summed E-state index contributed by atoms with van der Waals surface area (Å²) in [6.45, 7) is 2.84. The zero-order chi connectivity index (χ0) is 17.5. The summed E-state index contributed by atoms with van der Waals surface area (Å²) in [5.74, 6) is -1.38. The van der Waals surface area contributed by atoms with Crippen molar-refractivity contribution in [2.24, 2.45) is 0 Å². The van der Waals surface area contributed by atoms with Crippen LogP contribution in [-0.4, -0.2) is 52.5 Å². The Morgan fingerprint density at radius 2 is 1.96 bits per heavy atom. The van der Waals surface area contributed by atoms with Crippen LogP contribution in [0, 0.1) is 0 Å². The molecule has 0 radical (unpaired) electrons. The van der Waals surface area contributed by atoms with Crippen molar-refractivity contribution in [1.29, 1.82) is 0 Å². The van der Waals surface area contributed by atoms with Gasteiger partial charge < -0.3 is 24.4 Å². The van der Waals surface area contributed by atoms with Gasteiger partial charge in [-0.15, -0.1) is 0 Å². The Morgan fingerprint density at radius 1 is 1.25 bits per heavy atom. The van der Waals surface area contributed by atoms with Gasteiger partial charge in [-0.3, -0.25) is 0 Å². The molecule has 0 aliphatic carbocycles. The van der Waals surface area contributed by atoms with Crippen LogP contribution in [0.25, 0.3) is 0 Å². The molecular weight excluding hydrogens is 336 g/mol. The number of carbonyl (C=O) groups excluding carboxylic acids is 2. The number of benzene rings is 1. The molecule has 1 aliphatic heterocycles. The first-order valence-electron chi connectivity index (χ1n) is 7.32. The predicted octanol–water partition coefficient (Wildman–Crippen LogP) is 1.82. The lowest BCUT2D eigenvalue weighted by molar-refractivity contribution is -0.138. The molecule has 1 heterocycles. The minimum absolute atomic E-state index is 0.0645. The smallest absolute Gasteiger partial charge is 0.354 e. The standard InChI is InChI=1S/C16H19ClN2O5/c1-22-15(20)10-14(16(21)23-2)18-13-9-11(3-4-12(13)17)19-5-7-24-8-6-19/h3-4,9-10,18H,5-8H2,1-2H3/b14-10+. The van der Waals surface area contributed by atoms with E-state index in [0.717, 1.165) is 24.9 Å². The van der Waals surface area contributed by atoms with Gasteiger partial charge in [-0.2, -0.15) is 0 Å². The van der Waals surface area contributed by atoms with E-state index >= 15 is 0 Å². The number of esters is 2. The second kappa shape index (κ2) is 8.56. The number of halogens is 1. The van der Waals surface area contributed by atoms with Crippen LogP contribution in [0.1, 0.15) is 0 Å². The van der Waals surface area contributed by atoms with Crippen LogP contribution in [0.3, 0.4) is 0 Å². The maximum absolute atomic E-state index is 11.8. The van der Waals surface area contributed by atoms with Gasteiger partial charge in [-0.25, -0.2) is 9.59 Å². The molecule has 0 spiro atoms. The highest BCUT2D eigenvalue weighted by Gasteiger charge is 2.17. The molecule has 130 valence electrons. The molecule has 1 aromatic rings. The first kappa shape index (κ1) is 18.1. The summed E-state index contributed by atoms with van der Waals surface area (Å²) in [6, 6.07) is 5.42. The van der Waals surface area contributed by atoms with Gasteiger partial charge in [0.25, 0.3) is 0 Å². The average Bonchev–Trinajstić information content (AvgIpc) is 2.62. The molecule has 0 aromatic heterocycles. The topological polar surface area (TPSA) is 77.1 Å². The summed E-state index contributed by atoms with van der Waals surface area (Å²) >= 11 is 6.20. The highest BCUT2D eigenvalue weighted by molar-refractivity contribution is 6.33. The highest BCUT2D eigenvalue weighted by atomic mass is 35.5. The molecule has 0 amide bonds. The number of methoxy groups -OCH3 is 2. The lowest BCUT2D eigenvalue weighted by atomic mass is 10.2. The van der Waals surface area contributed by atoms with Crippen molar-refractivity contribution in [3.63, 3.8) is 0 Å². The van der Waals surface area contributed by atoms with Gasteiger partial charge in [0.2, 0.25) is 0 Å². The third-order valence-electron chi connectivity index (χ3n) is 3.46. The quantitative estimate of drug-likeness (QED) is 0.638. The van der Waals surface area contributed by atoms with E-state index in [0.29, 0.717) is 23.9 Å². The Hall–Kier alpha value is -2.25. The van der Waals surface area contributed by atoms with Crippen molar-refractivity contribution >= 4 is 34.9 Å². The zero-order valence-corrected chi connectivity index (χ0v) is 14.3. The van der Waals surface area contributed by atoms with Crippen LogP contribution in [0.4, 0.5) is 11.4 Å². The molecule has 1 saturated heterocycles. The van der Waals surface area contributed by atoms with E-state index in [4.69, 9.17) is 16.3 Å². The molecular formula is C16H19ClN2O5. The first-order chi connectivity index (χ1) is 11.5. The number of ether oxygens (including phenoxy) is 3. The lowest BCUT2D eigenvalue weighted by Gasteiger charge is -2.29. The number of nitrogens with zero attached hydrogens (tertiary/aromatic N) is 1. The summed E-state index contributed by atoms with van der Waals surface area (Å²) in [7, 11) is 2.45. The second-order valence-corrected chi connectivity index (χ2v) is 5.37. The molecule has 1 aliphatic rings. The molecule has 7 nitrogen and oxygen atoms in total. The van der Waals surface area contributed by atoms with Crippen LogP contribution in [0.2, 0.25) is 5.02 Å². The van der Waals surface area contributed by atoms with Crippen molar-refractivity contribution < 1.29 is 23.8 Å². The Kier molecular flexibility index (Phi) is 6.45. The summed E-state index contributed by atoms with van der Waals surface area (Å²) in [6.07, 6.45) is 1.02. The number of hydrogen-bond acceptors (Lipinski definition) is 7. The van der Waals surface area contributed by atoms with Gasteiger partial charge in [-0.1, -0.05) is 11.6 Å². The Labute approximate surface area is 145 Å². The summed E-state index contributed by atoms with van der Waals surface area (Å²) in [4.78, 5) is 25.4. The summed E-state index contributed by atoms with van der Waals surface area (Å²) in [5.41, 5.74) is 1.36. The molecule has 0 unspecified atom stereocenters. The molecule has 1 aromatic carbocycles. The summed E-state index contributed by atoms with van der Waals surface area (Å²) < 4.78 is 14.5. The SMILES string of the molecule is COC(=O)/C=C(/Nc1cc(N2CCOCC2)ccc1Cl)C(=O)OC. The van der Waals surface area contributed by atoms with Crippen molar-refractivity contribution in [2.75, 3.05) is 50.7 Å². The third-order valence-corrected chi connectivity index (χ3v) is 3.79. The van der Waals surface area contributed by atoms with Crippen molar-refractivity contribution in [3.05, 3.63) is 35.0 Å². The fraction of sp³-hybridized carbons (Fsp3) is 0.375. The Morgan fingerprint density at radius 3 is 2.58 bits per heavy atom. The van der Waals surface area contributed by atoms with E-state index in [1.807, 2.05) is 12.1 Å². The molecule has 0 saturated carbocycles. The van der Waals surface area contributed by atoms with E-state index in [-0.39, 0.29) is 5.70 Å². The average molecular weight is 355 g/mol. The number of morpholine rings is 1. The zero-order valence-electron chi connectivity index (χ0n) is 13.5. The molecule has 8 heteroatoms. The van der Waals surface area contributed by atoms with Crippen molar-refractivity contribution in [3.8, 4) is 0 Å². The number of nitrogens with one attached hydrogen (secondary N) is 1. The van der Waals surface area contributed by atoms with Crippen LogP contribution in [0.5, 0.6) is 0 Å². The van der Waals surface area contributed by atoms with Crippen molar-refractivity contribution in [2.45, 2.75) is 0 Å². The lowest BCUT2D eigenvalue weighted by Crippen LogP contribution is -2.36. The van der Waals surface area contributed by atoms with Gasteiger partial charge in [0, 0.05) is 18.8 Å². The normalized spacial score (nSPS) is 15.0.